The van der Waals surface area contributed by atoms with Crippen molar-refractivity contribution in [3.05, 3.63) is 53.6 Å². The minimum atomic E-state index is -0.0238. The Hall–Kier alpha value is -2.12. The van der Waals surface area contributed by atoms with E-state index < -0.39 is 0 Å². The highest BCUT2D eigenvalue weighted by Gasteiger charge is 2.53. The van der Waals surface area contributed by atoms with Crippen LogP contribution in [0.2, 0.25) is 0 Å². The van der Waals surface area contributed by atoms with E-state index >= 15 is 0 Å². The van der Waals surface area contributed by atoms with E-state index in [2.05, 4.69) is 60.0 Å². The molecular weight excluding hydrogens is 344 g/mol. The summed E-state index contributed by atoms with van der Waals surface area (Å²) in [6, 6.07) is 13.2. The summed E-state index contributed by atoms with van der Waals surface area (Å²) >= 11 is 0. The molecule has 0 bridgehead atoms. The van der Waals surface area contributed by atoms with E-state index in [1.807, 2.05) is 18.2 Å². The summed E-state index contributed by atoms with van der Waals surface area (Å²) in [5.41, 5.74) is 2.77. The van der Waals surface area contributed by atoms with Crippen LogP contribution in [0.15, 0.2) is 36.5 Å². The Morgan fingerprint density at radius 2 is 2.11 bits per heavy atom. The van der Waals surface area contributed by atoms with Crippen LogP contribution in [-0.4, -0.2) is 21.6 Å². The smallest absolute Gasteiger partial charge is 0.105 e. The molecule has 4 unspecified atom stereocenters. The summed E-state index contributed by atoms with van der Waals surface area (Å²) in [4.78, 5) is 4.61. The highest BCUT2D eigenvalue weighted by molar-refractivity contribution is 5.24. The van der Waals surface area contributed by atoms with Crippen LogP contribution >= 0.6 is 0 Å². The minimum Gasteiger partial charge on any atom is -0.329 e. The number of benzene rings is 1. The highest BCUT2D eigenvalue weighted by Crippen LogP contribution is 2.55. The molecule has 0 spiro atoms. The average Bonchev–Trinajstić information content (AvgIpc) is 3.18. The van der Waals surface area contributed by atoms with E-state index in [-0.39, 0.29) is 11.5 Å². The van der Waals surface area contributed by atoms with Gasteiger partial charge >= 0.3 is 0 Å². The summed E-state index contributed by atoms with van der Waals surface area (Å²) < 4.78 is 2.51. The first kappa shape index (κ1) is 19.2. The number of imidazole rings is 1. The van der Waals surface area contributed by atoms with Gasteiger partial charge in [-0.05, 0) is 63.0 Å². The molecule has 0 radical (unpaired) electrons. The zero-order valence-electron chi connectivity index (χ0n) is 17.4. The molecule has 2 saturated carbocycles. The number of rotatable bonds is 7. The predicted octanol–water partition coefficient (Wildman–Crippen LogP) is 5.09. The first-order chi connectivity index (χ1) is 13.5. The molecule has 1 aromatic heterocycles. The molecule has 0 saturated heterocycles. The second kappa shape index (κ2) is 7.72. The van der Waals surface area contributed by atoms with Gasteiger partial charge in [-0.15, -0.1) is 0 Å². The SMILES string of the molecule is Cc1ncc(C(C)C)n1C1CC2CCC2(NCCC(C#N)c2ccccc2)C1. The maximum Gasteiger partial charge on any atom is 0.105 e. The highest BCUT2D eigenvalue weighted by atomic mass is 15.1. The lowest BCUT2D eigenvalue weighted by atomic mass is 9.69. The second-order valence-electron chi connectivity index (χ2n) is 9.05. The topological polar surface area (TPSA) is 53.6 Å². The van der Waals surface area contributed by atoms with Crippen LogP contribution in [0.5, 0.6) is 0 Å². The van der Waals surface area contributed by atoms with Crippen LogP contribution in [0.1, 0.15) is 80.9 Å². The van der Waals surface area contributed by atoms with Crippen molar-refractivity contribution < 1.29 is 0 Å². The van der Waals surface area contributed by atoms with Crippen LogP contribution in [0.4, 0.5) is 0 Å². The van der Waals surface area contributed by atoms with Crippen molar-refractivity contribution in [2.45, 2.75) is 76.3 Å². The third-order valence-corrected chi connectivity index (χ3v) is 7.11. The van der Waals surface area contributed by atoms with E-state index in [4.69, 9.17) is 0 Å². The van der Waals surface area contributed by atoms with Crippen LogP contribution < -0.4 is 5.32 Å². The van der Waals surface area contributed by atoms with Gasteiger partial charge in [0.05, 0.1) is 12.0 Å². The molecule has 2 aliphatic rings. The molecule has 0 amide bonds. The molecule has 4 atom stereocenters. The molecule has 2 fully saturated rings. The number of fused-ring (bicyclic) bond motifs is 1. The molecule has 1 aromatic carbocycles. The maximum atomic E-state index is 9.59. The lowest BCUT2D eigenvalue weighted by Crippen LogP contribution is -2.55. The van der Waals surface area contributed by atoms with E-state index in [0.717, 1.165) is 30.3 Å². The number of nitrogens with zero attached hydrogens (tertiary/aromatic N) is 3. The van der Waals surface area contributed by atoms with Crippen LogP contribution in [-0.2, 0) is 0 Å². The normalized spacial score (nSPS) is 27.2. The van der Waals surface area contributed by atoms with Gasteiger partial charge in [-0.2, -0.15) is 5.26 Å². The van der Waals surface area contributed by atoms with E-state index in [9.17, 15) is 5.26 Å². The molecule has 4 nitrogen and oxygen atoms in total. The summed E-state index contributed by atoms with van der Waals surface area (Å²) in [7, 11) is 0. The number of hydrogen-bond acceptors (Lipinski definition) is 3. The average molecular weight is 377 g/mol. The van der Waals surface area contributed by atoms with Crippen molar-refractivity contribution in [3.63, 3.8) is 0 Å². The van der Waals surface area contributed by atoms with Gasteiger partial charge in [-0.3, -0.25) is 0 Å². The minimum absolute atomic E-state index is 0.0238. The van der Waals surface area contributed by atoms with Crippen LogP contribution in [0, 0.1) is 24.2 Å². The Labute approximate surface area is 169 Å². The molecule has 1 N–H and O–H groups in total. The van der Waals surface area contributed by atoms with Gasteiger partial charge in [-0.1, -0.05) is 44.2 Å². The Bertz CT molecular complexity index is 847. The van der Waals surface area contributed by atoms with E-state index in [1.165, 1.54) is 31.4 Å². The number of nitriles is 1. The number of nitrogens with one attached hydrogen (secondary N) is 1. The zero-order valence-corrected chi connectivity index (χ0v) is 17.4. The second-order valence-corrected chi connectivity index (χ2v) is 9.05. The van der Waals surface area contributed by atoms with Crippen molar-refractivity contribution in [3.8, 4) is 6.07 Å². The lowest BCUT2D eigenvalue weighted by molar-refractivity contribution is 0.116. The van der Waals surface area contributed by atoms with Crippen molar-refractivity contribution >= 4 is 0 Å². The molecule has 2 aliphatic carbocycles. The van der Waals surface area contributed by atoms with Crippen LogP contribution in [0.25, 0.3) is 0 Å². The molecule has 1 heterocycles. The first-order valence-electron chi connectivity index (χ1n) is 10.8. The zero-order chi connectivity index (χ0) is 19.7. The van der Waals surface area contributed by atoms with Crippen molar-refractivity contribution in [2.75, 3.05) is 6.54 Å². The summed E-state index contributed by atoms with van der Waals surface area (Å²) in [5, 5.41) is 13.5. The number of hydrogen-bond donors (Lipinski definition) is 1. The Morgan fingerprint density at radius 3 is 2.75 bits per heavy atom. The van der Waals surface area contributed by atoms with Gasteiger partial charge in [0.2, 0.25) is 0 Å². The molecule has 148 valence electrons. The van der Waals surface area contributed by atoms with E-state index in [0.29, 0.717) is 12.0 Å². The van der Waals surface area contributed by atoms with E-state index in [1.54, 1.807) is 0 Å². The third kappa shape index (κ3) is 3.37. The molecule has 28 heavy (non-hydrogen) atoms. The Morgan fingerprint density at radius 1 is 1.32 bits per heavy atom. The predicted molar refractivity (Wildman–Crippen MR) is 112 cm³/mol. The largest absolute Gasteiger partial charge is 0.329 e. The maximum absolute atomic E-state index is 9.59. The fourth-order valence-electron chi connectivity index (χ4n) is 5.47. The number of aryl methyl sites for hydroxylation is 1. The summed E-state index contributed by atoms with van der Waals surface area (Å²) in [6.45, 7) is 7.58. The fourth-order valence-corrected chi connectivity index (χ4v) is 5.47. The lowest BCUT2D eigenvalue weighted by Gasteiger charge is -2.46. The summed E-state index contributed by atoms with van der Waals surface area (Å²) in [5.74, 6) is 2.39. The van der Waals surface area contributed by atoms with Crippen molar-refractivity contribution in [2.24, 2.45) is 5.92 Å². The van der Waals surface area contributed by atoms with Gasteiger partial charge in [0.1, 0.15) is 5.82 Å². The van der Waals surface area contributed by atoms with Crippen LogP contribution in [0.3, 0.4) is 0 Å². The van der Waals surface area contributed by atoms with Gasteiger partial charge in [0.15, 0.2) is 0 Å². The van der Waals surface area contributed by atoms with Crippen molar-refractivity contribution in [1.82, 2.24) is 14.9 Å². The fraction of sp³-hybridized carbons (Fsp3) is 0.583. The van der Waals surface area contributed by atoms with Crippen molar-refractivity contribution in [1.29, 1.82) is 5.26 Å². The molecule has 2 aromatic rings. The van der Waals surface area contributed by atoms with Gasteiger partial charge in [0, 0.05) is 23.5 Å². The number of aromatic nitrogens is 2. The Kier molecular flexibility index (Phi) is 5.29. The third-order valence-electron chi connectivity index (χ3n) is 7.11. The summed E-state index contributed by atoms with van der Waals surface area (Å²) in [6.07, 6.45) is 7.98. The molecule has 4 heteroatoms. The monoisotopic (exact) mass is 376 g/mol. The molecule has 0 aliphatic heterocycles. The molecular formula is C24H32N4. The quantitative estimate of drug-likeness (QED) is 0.732. The Balaban J connectivity index is 1.41. The first-order valence-corrected chi connectivity index (χ1v) is 10.8. The van der Waals surface area contributed by atoms with Gasteiger partial charge in [-0.25, -0.2) is 4.98 Å². The van der Waals surface area contributed by atoms with Gasteiger partial charge < -0.3 is 9.88 Å². The van der Waals surface area contributed by atoms with Gasteiger partial charge in [0.25, 0.3) is 0 Å². The standard InChI is InChI=1S/C24H32N4/c1-17(2)23-16-26-18(3)28(23)22-13-21-9-11-24(21,14-22)27-12-10-20(15-25)19-7-5-4-6-8-19/h4-8,16-17,20-22,27H,9-14H2,1-3H3. The molecule has 4 rings (SSSR count).